The van der Waals surface area contributed by atoms with Crippen LogP contribution in [-0.2, 0) is 15.3 Å². The van der Waals surface area contributed by atoms with E-state index in [-0.39, 0.29) is 5.97 Å². The second kappa shape index (κ2) is 8.55. The molecule has 3 nitrogen and oxygen atoms in total. The summed E-state index contributed by atoms with van der Waals surface area (Å²) in [6, 6.07) is 7.84. The molecule has 1 N–H and O–H groups in total. The third-order valence-electron chi connectivity index (χ3n) is 3.21. The number of carbonyl (C=O) groups excluding carboxylic acids is 1. The Morgan fingerprint density at radius 3 is 2.60 bits per heavy atom. The molecule has 1 rings (SSSR count). The highest BCUT2D eigenvalue weighted by Crippen LogP contribution is 2.20. The van der Waals surface area contributed by atoms with E-state index < -0.39 is 5.54 Å². The van der Waals surface area contributed by atoms with E-state index >= 15 is 0 Å². The fraction of sp³-hybridized carbons (Fsp3) is 0.533. The molecule has 0 spiro atoms. The molecule has 112 valence electrons. The summed E-state index contributed by atoms with van der Waals surface area (Å²) < 4.78 is 5.10. The fourth-order valence-corrected chi connectivity index (χ4v) is 2.92. The topological polar surface area (TPSA) is 38.3 Å². The van der Waals surface area contributed by atoms with Crippen LogP contribution in [0.25, 0.3) is 0 Å². The Kier molecular flexibility index (Phi) is 7.41. The predicted molar refractivity (Wildman–Crippen MR) is 86.3 cm³/mol. The van der Waals surface area contributed by atoms with Crippen LogP contribution in [0.5, 0.6) is 0 Å². The molecular weight excluding hydrogens is 294 g/mol. The molecular formula is C15H22ClNO2S. The Bertz CT molecular complexity index is 424. The molecule has 0 radical (unpaired) electrons. The maximum Gasteiger partial charge on any atom is 0.326 e. The van der Waals surface area contributed by atoms with Crippen LogP contribution in [0.4, 0.5) is 0 Å². The summed E-state index contributed by atoms with van der Waals surface area (Å²) in [5.41, 5.74) is 0.630. The van der Waals surface area contributed by atoms with Gasteiger partial charge in [0.25, 0.3) is 0 Å². The lowest BCUT2D eigenvalue weighted by Crippen LogP contribution is -2.49. The van der Waals surface area contributed by atoms with Gasteiger partial charge in [0.1, 0.15) is 5.54 Å². The van der Waals surface area contributed by atoms with Crippen LogP contribution < -0.4 is 5.32 Å². The maximum atomic E-state index is 11.9. The quantitative estimate of drug-likeness (QED) is 0.588. The van der Waals surface area contributed by atoms with Crippen molar-refractivity contribution >= 4 is 29.3 Å². The molecule has 0 fully saturated rings. The zero-order valence-corrected chi connectivity index (χ0v) is 13.8. The molecule has 1 aromatic rings. The van der Waals surface area contributed by atoms with Crippen LogP contribution >= 0.6 is 23.4 Å². The Morgan fingerprint density at radius 2 is 2.05 bits per heavy atom. The summed E-state index contributed by atoms with van der Waals surface area (Å²) in [6.07, 6.45) is 0.737. The number of hydrogen-bond acceptors (Lipinski definition) is 4. The fourth-order valence-electron chi connectivity index (χ4n) is 1.67. The van der Waals surface area contributed by atoms with Crippen LogP contribution in [0.3, 0.4) is 0 Å². The molecule has 0 amide bonds. The number of nitrogens with one attached hydrogen (secondary N) is 1. The van der Waals surface area contributed by atoms with Gasteiger partial charge in [0.2, 0.25) is 0 Å². The van der Waals surface area contributed by atoms with Crippen LogP contribution in [0.15, 0.2) is 24.3 Å². The lowest BCUT2D eigenvalue weighted by atomic mass is 10.00. The number of hydrogen-bond donors (Lipinski definition) is 1. The summed E-state index contributed by atoms with van der Waals surface area (Å²) in [4.78, 5) is 11.9. The van der Waals surface area contributed by atoms with Gasteiger partial charge in [0.15, 0.2) is 0 Å². The van der Waals surface area contributed by atoms with E-state index in [1.807, 2.05) is 38.1 Å². The molecule has 20 heavy (non-hydrogen) atoms. The molecule has 5 heteroatoms. The molecule has 1 aromatic carbocycles. The van der Waals surface area contributed by atoms with Gasteiger partial charge >= 0.3 is 5.97 Å². The zero-order valence-electron chi connectivity index (χ0n) is 12.2. The molecule has 0 aliphatic carbocycles. The minimum absolute atomic E-state index is 0.186. The normalized spacial score (nSPS) is 13.8. The van der Waals surface area contributed by atoms with Gasteiger partial charge in [0.05, 0.1) is 6.61 Å². The Morgan fingerprint density at radius 1 is 1.40 bits per heavy atom. The van der Waals surface area contributed by atoms with E-state index in [0.29, 0.717) is 6.61 Å². The number of benzene rings is 1. The second-order valence-corrected chi connectivity index (χ2v) is 6.27. The predicted octanol–water partition coefficient (Wildman–Crippen LogP) is 3.50. The average Bonchev–Trinajstić information content (AvgIpc) is 2.45. The standard InChI is InChI=1S/C15H22ClNO2S/c1-4-19-14(18)15(2,17-3)9-10-20-11-12-5-7-13(16)8-6-12/h5-8,17H,4,9-11H2,1-3H3. The van der Waals surface area contributed by atoms with Crippen molar-refractivity contribution in [1.29, 1.82) is 0 Å². The van der Waals surface area contributed by atoms with E-state index in [1.165, 1.54) is 5.56 Å². The van der Waals surface area contributed by atoms with Crippen molar-refractivity contribution in [3.8, 4) is 0 Å². The monoisotopic (exact) mass is 315 g/mol. The molecule has 0 saturated carbocycles. The van der Waals surface area contributed by atoms with Gasteiger partial charge in [0, 0.05) is 10.8 Å². The number of likely N-dealkylation sites (N-methyl/N-ethyl adjacent to an activating group) is 1. The van der Waals surface area contributed by atoms with Crippen molar-refractivity contribution in [2.24, 2.45) is 0 Å². The Balaban J connectivity index is 2.38. The van der Waals surface area contributed by atoms with Gasteiger partial charge in [-0.1, -0.05) is 23.7 Å². The van der Waals surface area contributed by atoms with Crippen molar-refractivity contribution in [3.05, 3.63) is 34.9 Å². The lowest BCUT2D eigenvalue weighted by Gasteiger charge is -2.26. The largest absolute Gasteiger partial charge is 0.465 e. The number of carbonyl (C=O) groups is 1. The van der Waals surface area contributed by atoms with E-state index in [4.69, 9.17) is 16.3 Å². The molecule has 1 atom stereocenters. The average molecular weight is 316 g/mol. The first-order valence-electron chi connectivity index (χ1n) is 6.70. The molecule has 0 aliphatic heterocycles. The number of halogens is 1. The van der Waals surface area contributed by atoms with Crippen LogP contribution in [0.1, 0.15) is 25.8 Å². The number of esters is 1. The third kappa shape index (κ3) is 5.35. The molecule has 0 heterocycles. The number of thioether (sulfide) groups is 1. The van der Waals surface area contributed by atoms with Crippen LogP contribution in [0, 0.1) is 0 Å². The summed E-state index contributed by atoms with van der Waals surface area (Å²) in [5, 5.41) is 3.82. The zero-order chi connectivity index (χ0) is 15.0. The van der Waals surface area contributed by atoms with Gasteiger partial charge in [-0.05, 0) is 50.8 Å². The Labute approximate surface area is 130 Å². The first-order valence-corrected chi connectivity index (χ1v) is 8.23. The number of rotatable bonds is 8. The summed E-state index contributed by atoms with van der Waals surface area (Å²) in [7, 11) is 1.79. The minimum atomic E-state index is -0.608. The third-order valence-corrected chi connectivity index (χ3v) is 4.49. The number of ether oxygens (including phenoxy) is 1. The van der Waals surface area contributed by atoms with Gasteiger partial charge in [-0.15, -0.1) is 0 Å². The van der Waals surface area contributed by atoms with Gasteiger partial charge < -0.3 is 10.1 Å². The molecule has 1 unspecified atom stereocenters. The van der Waals surface area contributed by atoms with Crippen molar-refractivity contribution in [3.63, 3.8) is 0 Å². The highest BCUT2D eigenvalue weighted by Gasteiger charge is 2.32. The first kappa shape index (κ1) is 17.3. The van der Waals surface area contributed by atoms with Crippen LogP contribution in [-0.4, -0.2) is 30.9 Å². The molecule has 0 aliphatic rings. The maximum absolute atomic E-state index is 11.9. The summed E-state index contributed by atoms with van der Waals surface area (Å²) in [5.74, 6) is 1.62. The SMILES string of the molecule is CCOC(=O)C(C)(CCSCc1ccc(Cl)cc1)NC. The minimum Gasteiger partial charge on any atom is -0.465 e. The second-order valence-electron chi connectivity index (χ2n) is 4.73. The smallest absolute Gasteiger partial charge is 0.326 e. The van der Waals surface area contributed by atoms with E-state index in [2.05, 4.69) is 5.32 Å². The van der Waals surface area contributed by atoms with Crippen molar-refractivity contribution in [2.75, 3.05) is 19.4 Å². The van der Waals surface area contributed by atoms with Crippen molar-refractivity contribution in [1.82, 2.24) is 5.32 Å². The lowest BCUT2D eigenvalue weighted by molar-refractivity contribution is -0.150. The van der Waals surface area contributed by atoms with Crippen LogP contribution in [0.2, 0.25) is 5.02 Å². The van der Waals surface area contributed by atoms with Gasteiger partial charge in [-0.25, -0.2) is 0 Å². The Hall–Kier alpha value is -0.710. The molecule has 0 bridgehead atoms. The van der Waals surface area contributed by atoms with Gasteiger partial charge in [-0.3, -0.25) is 4.79 Å². The molecule has 0 saturated heterocycles. The van der Waals surface area contributed by atoms with Crippen molar-refractivity contribution in [2.45, 2.75) is 31.6 Å². The van der Waals surface area contributed by atoms with Gasteiger partial charge in [-0.2, -0.15) is 11.8 Å². The van der Waals surface area contributed by atoms with Crippen molar-refractivity contribution < 1.29 is 9.53 Å². The van der Waals surface area contributed by atoms with E-state index in [0.717, 1.165) is 22.9 Å². The highest BCUT2D eigenvalue weighted by molar-refractivity contribution is 7.98. The highest BCUT2D eigenvalue weighted by atomic mass is 35.5. The van der Waals surface area contributed by atoms with E-state index in [1.54, 1.807) is 18.8 Å². The summed E-state index contributed by atoms with van der Waals surface area (Å²) in [6.45, 7) is 4.12. The van der Waals surface area contributed by atoms with E-state index in [9.17, 15) is 4.79 Å². The first-order chi connectivity index (χ1) is 9.51. The molecule has 0 aromatic heterocycles. The summed E-state index contributed by atoms with van der Waals surface area (Å²) >= 11 is 7.65.